The van der Waals surface area contributed by atoms with E-state index >= 15 is 0 Å². The number of rotatable bonds is 1. The summed E-state index contributed by atoms with van der Waals surface area (Å²) in [5.41, 5.74) is 0.732. The molecule has 0 saturated heterocycles. The van der Waals surface area contributed by atoms with Gasteiger partial charge < -0.3 is 5.32 Å². The van der Waals surface area contributed by atoms with Crippen molar-refractivity contribution in [2.75, 3.05) is 7.05 Å². The van der Waals surface area contributed by atoms with E-state index in [1.54, 1.807) is 7.05 Å². The van der Waals surface area contributed by atoms with Crippen LogP contribution >= 0.6 is 0 Å². The monoisotopic (exact) mass is 177 g/mol. The molecule has 0 aromatic rings. The van der Waals surface area contributed by atoms with E-state index in [0.29, 0.717) is 5.57 Å². The smallest absolute Gasteiger partial charge is 0.251 e. The Kier molecular flexibility index (Phi) is 2.71. The Bertz CT molecular complexity index is 295. The highest BCUT2D eigenvalue weighted by molar-refractivity contribution is 5.96. The summed E-state index contributed by atoms with van der Waals surface area (Å²) < 4.78 is 0. The third kappa shape index (κ3) is 2.58. The average molecular weight is 177 g/mol. The van der Waals surface area contributed by atoms with Gasteiger partial charge in [0.15, 0.2) is 0 Å². The number of nitrogens with one attached hydrogen (secondary N) is 1. The molecule has 0 atom stereocenters. The van der Waals surface area contributed by atoms with Gasteiger partial charge in [0.25, 0.3) is 5.91 Å². The maximum atomic E-state index is 11.3. The van der Waals surface area contributed by atoms with Crippen molar-refractivity contribution in [3.63, 3.8) is 0 Å². The Morgan fingerprint density at radius 3 is 2.69 bits per heavy atom. The van der Waals surface area contributed by atoms with Crippen LogP contribution < -0.4 is 5.32 Å². The number of amides is 1. The Morgan fingerprint density at radius 1 is 1.38 bits per heavy atom. The van der Waals surface area contributed by atoms with Crippen molar-refractivity contribution in [2.45, 2.75) is 13.8 Å². The van der Waals surface area contributed by atoms with Crippen LogP contribution in [-0.2, 0) is 4.79 Å². The van der Waals surface area contributed by atoms with Gasteiger partial charge in [-0.15, -0.1) is 0 Å². The summed E-state index contributed by atoms with van der Waals surface area (Å²) in [5, 5.41) is 2.60. The highest BCUT2D eigenvalue weighted by Crippen LogP contribution is 2.22. The second-order valence-corrected chi connectivity index (χ2v) is 3.71. The first-order valence-electron chi connectivity index (χ1n) is 4.36. The van der Waals surface area contributed by atoms with Gasteiger partial charge in [-0.25, -0.2) is 0 Å². The zero-order valence-electron chi connectivity index (χ0n) is 8.29. The Morgan fingerprint density at radius 2 is 2.08 bits per heavy atom. The van der Waals surface area contributed by atoms with Crippen molar-refractivity contribution in [3.05, 3.63) is 36.0 Å². The Balaban J connectivity index is 2.89. The van der Waals surface area contributed by atoms with Crippen LogP contribution in [0, 0.1) is 5.41 Å². The molecule has 1 amide bonds. The number of allylic oxidation sites excluding steroid dienone is 4. The molecule has 70 valence electrons. The molecule has 1 rings (SSSR count). The van der Waals surface area contributed by atoms with Gasteiger partial charge in [0.2, 0.25) is 0 Å². The van der Waals surface area contributed by atoms with Crippen LogP contribution in [0.5, 0.6) is 0 Å². The molecular formula is C11H15NO. The van der Waals surface area contributed by atoms with Gasteiger partial charge in [0, 0.05) is 18.0 Å². The number of carbonyl (C=O) groups is 1. The van der Waals surface area contributed by atoms with Crippen molar-refractivity contribution < 1.29 is 4.79 Å². The minimum absolute atomic E-state index is 0.0340. The third-order valence-electron chi connectivity index (χ3n) is 1.98. The Labute approximate surface area is 79.0 Å². The van der Waals surface area contributed by atoms with Crippen LogP contribution in [0.4, 0.5) is 0 Å². The van der Waals surface area contributed by atoms with Crippen LogP contribution in [0.15, 0.2) is 36.0 Å². The first kappa shape index (κ1) is 9.78. The summed E-state index contributed by atoms with van der Waals surface area (Å²) >= 11 is 0. The van der Waals surface area contributed by atoms with Crippen molar-refractivity contribution in [1.82, 2.24) is 5.32 Å². The predicted octanol–water partition coefficient (Wildman–Crippen LogP) is 1.81. The van der Waals surface area contributed by atoms with E-state index in [9.17, 15) is 4.79 Å². The van der Waals surface area contributed by atoms with Gasteiger partial charge in [-0.2, -0.15) is 0 Å². The van der Waals surface area contributed by atoms with Crippen LogP contribution in [-0.4, -0.2) is 13.0 Å². The van der Waals surface area contributed by atoms with Crippen LogP contribution in [0.2, 0.25) is 0 Å². The molecule has 0 radical (unpaired) electrons. The van der Waals surface area contributed by atoms with E-state index in [1.165, 1.54) is 0 Å². The molecule has 0 saturated carbocycles. The van der Waals surface area contributed by atoms with Crippen molar-refractivity contribution >= 4 is 5.91 Å². The van der Waals surface area contributed by atoms with E-state index in [2.05, 4.69) is 25.2 Å². The second kappa shape index (κ2) is 3.60. The zero-order valence-corrected chi connectivity index (χ0v) is 8.29. The predicted molar refractivity (Wildman–Crippen MR) is 54.2 cm³/mol. The minimum Gasteiger partial charge on any atom is -0.355 e. The molecule has 0 fully saturated rings. The topological polar surface area (TPSA) is 29.1 Å². The largest absolute Gasteiger partial charge is 0.355 e. The lowest BCUT2D eigenvalue weighted by Crippen LogP contribution is -2.18. The molecule has 0 spiro atoms. The number of hydrogen-bond donors (Lipinski definition) is 1. The summed E-state index contributed by atoms with van der Waals surface area (Å²) in [5.74, 6) is -0.0430. The number of likely N-dealkylation sites (N-methyl/N-ethyl adjacent to an activating group) is 1. The molecular weight excluding hydrogens is 162 g/mol. The molecule has 2 nitrogen and oxygen atoms in total. The lowest BCUT2D eigenvalue weighted by atomic mass is 9.93. The fourth-order valence-corrected chi connectivity index (χ4v) is 1.11. The third-order valence-corrected chi connectivity index (χ3v) is 1.98. The van der Waals surface area contributed by atoms with Gasteiger partial charge in [0.1, 0.15) is 0 Å². The maximum absolute atomic E-state index is 11.3. The van der Waals surface area contributed by atoms with Crippen molar-refractivity contribution in [1.29, 1.82) is 0 Å². The highest BCUT2D eigenvalue weighted by Gasteiger charge is 2.12. The molecule has 1 aliphatic rings. The molecule has 0 aromatic heterocycles. The van der Waals surface area contributed by atoms with Gasteiger partial charge >= 0.3 is 0 Å². The number of carbonyl (C=O) groups excluding carboxylic acids is 1. The summed E-state index contributed by atoms with van der Waals surface area (Å²) in [6.45, 7) is 4.20. The molecule has 2 heteroatoms. The molecule has 1 N–H and O–H groups in total. The van der Waals surface area contributed by atoms with Crippen LogP contribution in [0.3, 0.4) is 0 Å². The lowest BCUT2D eigenvalue weighted by molar-refractivity contribution is -0.116. The highest BCUT2D eigenvalue weighted by atomic mass is 16.1. The summed E-state index contributed by atoms with van der Waals surface area (Å²) in [7, 11) is 1.64. The second-order valence-electron chi connectivity index (χ2n) is 3.71. The molecule has 0 heterocycles. The molecule has 13 heavy (non-hydrogen) atoms. The van der Waals surface area contributed by atoms with Crippen LogP contribution in [0.1, 0.15) is 13.8 Å². The van der Waals surface area contributed by atoms with Gasteiger partial charge in [0.05, 0.1) is 0 Å². The molecule has 0 aromatic carbocycles. The van der Waals surface area contributed by atoms with E-state index in [1.807, 2.05) is 24.3 Å². The SMILES string of the molecule is CNC(=O)C1=CC=CC(C)(C)C=C1. The summed E-state index contributed by atoms with van der Waals surface area (Å²) in [6, 6.07) is 0. The number of hydrogen-bond acceptors (Lipinski definition) is 1. The van der Waals surface area contributed by atoms with E-state index in [-0.39, 0.29) is 11.3 Å². The van der Waals surface area contributed by atoms with E-state index in [0.717, 1.165) is 0 Å². The standard InChI is InChI=1S/C11H15NO/c1-11(2)7-4-5-9(6-8-11)10(13)12-3/h4-8H,1-3H3,(H,12,13). The first-order valence-corrected chi connectivity index (χ1v) is 4.36. The van der Waals surface area contributed by atoms with Crippen LogP contribution in [0.25, 0.3) is 0 Å². The average Bonchev–Trinajstić information content (AvgIpc) is 2.25. The lowest BCUT2D eigenvalue weighted by Gasteiger charge is -2.12. The molecule has 1 aliphatic carbocycles. The zero-order chi connectivity index (χ0) is 9.90. The van der Waals surface area contributed by atoms with Gasteiger partial charge in [-0.3, -0.25) is 4.79 Å². The van der Waals surface area contributed by atoms with E-state index < -0.39 is 0 Å². The minimum atomic E-state index is -0.0430. The first-order chi connectivity index (χ1) is 6.05. The summed E-state index contributed by atoms with van der Waals surface area (Å²) in [6.07, 6.45) is 9.70. The maximum Gasteiger partial charge on any atom is 0.251 e. The van der Waals surface area contributed by atoms with E-state index in [4.69, 9.17) is 0 Å². The fraction of sp³-hybridized carbons (Fsp3) is 0.364. The van der Waals surface area contributed by atoms with Crippen molar-refractivity contribution in [3.8, 4) is 0 Å². The Hall–Kier alpha value is -1.31. The van der Waals surface area contributed by atoms with Gasteiger partial charge in [-0.1, -0.05) is 38.2 Å². The fourth-order valence-electron chi connectivity index (χ4n) is 1.11. The van der Waals surface area contributed by atoms with Gasteiger partial charge in [-0.05, 0) is 6.08 Å². The molecule has 0 unspecified atom stereocenters. The quantitative estimate of drug-likeness (QED) is 0.650. The molecule has 0 bridgehead atoms. The molecule has 0 aliphatic heterocycles. The van der Waals surface area contributed by atoms with Crippen molar-refractivity contribution in [2.24, 2.45) is 5.41 Å². The summed E-state index contributed by atoms with van der Waals surface area (Å²) in [4.78, 5) is 11.3. The normalized spacial score (nSPS) is 19.2.